The average Bonchev–Trinajstić information content (AvgIpc) is 2.95. The first-order chi connectivity index (χ1) is 13.1. The van der Waals surface area contributed by atoms with E-state index in [0.717, 1.165) is 29.5 Å². The molecule has 0 radical (unpaired) electrons. The van der Waals surface area contributed by atoms with Gasteiger partial charge in [-0.05, 0) is 43.3 Å². The maximum Gasteiger partial charge on any atom is 0.416 e. The zero-order valence-corrected chi connectivity index (χ0v) is 16.1. The largest absolute Gasteiger partial charge is 0.479 e. The third kappa shape index (κ3) is 3.85. The summed E-state index contributed by atoms with van der Waals surface area (Å²) >= 11 is 6.90. The van der Waals surface area contributed by atoms with Gasteiger partial charge in [-0.15, -0.1) is 0 Å². The van der Waals surface area contributed by atoms with Crippen LogP contribution in [-0.4, -0.2) is 23.8 Å². The van der Waals surface area contributed by atoms with Crippen LogP contribution in [0.5, 0.6) is 5.75 Å². The average molecular weight is 432 g/mol. The van der Waals surface area contributed by atoms with E-state index in [4.69, 9.17) is 16.3 Å². The molecule has 5 nitrogen and oxygen atoms in total. The Morgan fingerprint density at radius 2 is 1.93 bits per heavy atom. The maximum atomic E-state index is 12.8. The zero-order valence-electron chi connectivity index (χ0n) is 14.5. The number of alkyl halides is 3. The first kappa shape index (κ1) is 20.2. The number of methoxy groups -OCH3 is 1. The number of esters is 1. The summed E-state index contributed by atoms with van der Waals surface area (Å²) in [5.41, 5.74) is -0.307. The molecule has 0 saturated carbocycles. The predicted octanol–water partition coefficient (Wildman–Crippen LogP) is 4.66. The van der Waals surface area contributed by atoms with Crippen molar-refractivity contribution in [1.29, 1.82) is 0 Å². The molecule has 28 heavy (non-hydrogen) atoms. The smallest absolute Gasteiger partial charge is 0.416 e. The van der Waals surface area contributed by atoms with E-state index in [0.29, 0.717) is 16.0 Å². The van der Waals surface area contributed by atoms with Crippen molar-refractivity contribution in [2.45, 2.75) is 19.2 Å². The SMILES string of the molecule is COC(=O)C(C)Oc1ccc2c(c1)sc(=O)n2-c1ccc(C(F)(F)F)cc1Cl. The Balaban J connectivity index is 2.03. The molecule has 3 rings (SSSR count). The minimum Gasteiger partial charge on any atom is -0.479 e. The quantitative estimate of drug-likeness (QED) is 0.563. The van der Waals surface area contributed by atoms with Gasteiger partial charge in [0.1, 0.15) is 5.75 Å². The van der Waals surface area contributed by atoms with E-state index in [1.54, 1.807) is 18.2 Å². The van der Waals surface area contributed by atoms with Crippen LogP contribution in [0.2, 0.25) is 5.02 Å². The van der Waals surface area contributed by atoms with Crippen LogP contribution in [0, 0.1) is 0 Å². The Kier molecular flexibility index (Phi) is 5.40. The summed E-state index contributed by atoms with van der Waals surface area (Å²) in [6.45, 7) is 1.52. The van der Waals surface area contributed by atoms with Crippen LogP contribution in [-0.2, 0) is 15.7 Å². The zero-order chi connectivity index (χ0) is 20.6. The van der Waals surface area contributed by atoms with E-state index >= 15 is 0 Å². The summed E-state index contributed by atoms with van der Waals surface area (Å²) in [7, 11) is 1.24. The van der Waals surface area contributed by atoms with Crippen LogP contribution in [0.3, 0.4) is 0 Å². The fourth-order valence-electron chi connectivity index (χ4n) is 2.58. The molecule has 0 N–H and O–H groups in total. The van der Waals surface area contributed by atoms with Gasteiger partial charge in [0.15, 0.2) is 6.10 Å². The summed E-state index contributed by atoms with van der Waals surface area (Å²) in [6.07, 6.45) is -5.38. The van der Waals surface area contributed by atoms with Gasteiger partial charge in [-0.2, -0.15) is 13.2 Å². The second-order valence-corrected chi connectivity index (χ2v) is 7.18. The van der Waals surface area contributed by atoms with E-state index < -0.39 is 28.7 Å². The molecule has 0 aliphatic rings. The first-order valence-corrected chi connectivity index (χ1v) is 9.08. The third-order valence-electron chi connectivity index (χ3n) is 3.91. The molecule has 10 heteroatoms. The van der Waals surface area contributed by atoms with Gasteiger partial charge in [-0.3, -0.25) is 9.36 Å². The van der Waals surface area contributed by atoms with Crippen molar-refractivity contribution in [3.63, 3.8) is 0 Å². The lowest BCUT2D eigenvalue weighted by atomic mass is 10.2. The lowest BCUT2D eigenvalue weighted by Gasteiger charge is -2.13. The van der Waals surface area contributed by atoms with Gasteiger partial charge >= 0.3 is 17.0 Å². The third-order valence-corrected chi connectivity index (χ3v) is 5.12. The van der Waals surface area contributed by atoms with Gasteiger partial charge in [-0.25, -0.2) is 4.79 Å². The van der Waals surface area contributed by atoms with Gasteiger partial charge < -0.3 is 9.47 Å². The van der Waals surface area contributed by atoms with Crippen molar-refractivity contribution in [2.75, 3.05) is 7.11 Å². The van der Waals surface area contributed by atoms with E-state index in [2.05, 4.69) is 4.74 Å². The molecule has 1 heterocycles. The Morgan fingerprint density at radius 3 is 2.54 bits per heavy atom. The van der Waals surface area contributed by atoms with Gasteiger partial charge in [0.25, 0.3) is 0 Å². The van der Waals surface area contributed by atoms with Gasteiger partial charge in [0.05, 0.1) is 33.6 Å². The lowest BCUT2D eigenvalue weighted by Crippen LogP contribution is -2.24. The molecule has 0 aliphatic carbocycles. The molecule has 0 aliphatic heterocycles. The van der Waals surface area contributed by atoms with Crippen molar-refractivity contribution < 1.29 is 27.4 Å². The minimum absolute atomic E-state index is 0.141. The highest BCUT2D eigenvalue weighted by Crippen LogP contribution is 2.34. The molecule has 1 aromatic heterocycles. The Bertz CT molecular complexity index is 1110. The Hall–Kier alpha value is -2.52. The summed E-state index contributed by atoms with van der Waals surface area (Å²) in [5, 5.41) is -0.198. The molecule has 0 fully saturated rings. The Labute approximate surface area is 165 Å². The number of halogens is 4. The summed E-state index contributed by atoms with van der Waals surface area (Å²) in [5.74, 6) is -0.209. The second-order valence-electron chi connectivity index (χ2n) is 5.78. The summed E-state index contributed by atoms with van der Waals surface area (Å²) < 4.78 is 50.3. The lowest BCUT2D eigenvalue weighted by molar-refractivity contribution is -0.147. The molecule has 0 saturated heterocycles. The highest BCUT2D eigenvalue weighted by molar-refractivity contribution is 7.16. The van der Waals surface area contributed by atoms with Crippen molar-refractivity contribution in [3.8, 4) is 11.4 Å². The van der Waals surface area contributed by atoms with Gasteiger partial charge in [-0.1, -0.05) is 22.9 Å². The first-order valence-electron chi connectivity index (χ1n) is 7.89. The van der Waals surface area contributed by atoms with Crippen LogP contribution in [0.4, 0.5) is 13.2 Å². The molecular formula is C18H13ClF3NO4S. The number of aromatic nitrogens is 1. The van der Waals surface area contributed by atoms with E-state index in [1.165, 1.54) is 18.6 Å². The molecule has 0 spiro atoms. The van der Waals surface area contributed by atoms with Gasteiger partial charge in [0, 0.05) is 0 Å². The topological polar surface area (TPSA) is 57.5 Å². The number of ether oxygens (including phenoxy) is 2. The van der Waals surface area contributed by atoms with Crippen molar-refractivity contribution in [2.24, 2.45) is 0 Å². The fourth-order valence-corrected chi connectivity index (χ4v) is 3.76. The van der Waals surface area contributed by atoms with Crippen LogP contribution < -0.4 is 9.61 Å². The van der Waals surface area contributed by atoms with E-state index in [1.807, 2.05) is 0 Å². The number of thiazole rings is 1. The maximum absolute atomic E-state index is 12.8. The van der Waals surface area contributed by atoms with Crippen LogP contribution >= 0.6 is 22.9 Å². The van der Waals surface area contributed by atoms with Gasteiger partial charge in [0.2, 0.25) is 0 Å². The van der Waals surface area contributed by atoms with E-state index in [9.17, 15) is 22.8 Å². The highest BCUT2D eigenvalue weighted by atomic mass is 35.5. The summed E-state index contributed by atoms with van der Waals surface area (Å²) in [4.78, 5) is 23.5. The molecule has 2 aromatic carbocycles. The minimum atomic E-state index is -4.54. The van der Waals surface area contributed by atoms with Crippen LogP contribution in [0.15, 0.2) is 41.2 Å². The second kappa shape index (κ2) is 7.48. The number of carbonyl (C=O) groups is 1. The fraction of sp³-hybridized carbons (Fsp3) is 0.222. The number of nitrogens with zero attached hydrogens (tertiary/aromatic N) is 1. The molecule has 0 bridgehead atoms. The highest BCUT2D eigenvalue weighted by Gasteiger charge is 2.31. The Morgan fingerprint density at radius 1 is 1.21 bits per heavy atom. The monoisotopic (exact) mass is 431 g/mol. The number of benzene rings is 2. The predicted molar refractivity (Wildman–Crippen MR) is 99.5 cm³/mol. The van der Waals surface area contributed by atoms with E-state index in [-0.39, 0.29) is 10.7 Å². The standard InChI is InChI=1S/C18H13ClF3NO4S/c1-9(16(24)26-2)27-11-4-6-14-15(8-11)28-17(25)23(14)13-5-3-10(7-12(13)19)18(20,21)22/h3-9H,1-2H3. The van der Waals surface area contributed by atoms with Crippen molar-refractivity contribution in [1.82, 2.24) is 4.57 Å². The summed E-state index contributed by atoms with van der Waals surface area (Å²) in [6, 6.07) is 7.48. The number of rotatable bonds is 4. The number of hydrogen-bond donors (Lipinski definition) is 0. The molecule has 3 aromatic rings. The number of fused-ring (bicyclic) bond motifs is 1. The molecule has 1 unspecified atom stereocenters. The van der Waals surface area contributed by atoms with Crippen molar-refractivity contribution in [3.05, 3.63) is 56.7 Å². The number of hydrogen-bond acceptors (Lipinski definition) is 5. The van der Waals surface area contributed by atoms with Crippen LogP contribution in [0.1, 0.15) is 12.5 Å². The van der Waals surface area contributed by atoms with Crippen molar-refractivity contribution >= 4 is 39.1 Å². The normalized spacial score (nSPS) is 12.8. The molecule has 1 atom stereocenters. The number of carbonyl (C=O) groups excluding carboxylic acids is 1. The molecular weight excluding hydrogens is 419 g/mol. The molecule has 148 valence electrons. The molecule has 0 amide bonds. The van der Waals surface area contributed by atoms with Crippen LogP contribution in [0.25, 0.3) is 15.9 Å².